The van der Waals surface area contributed by atoms with Crippen LogP contribution in [0.5, 0.6) is 5.75 Å². The Morgan fingerprint density at radius 3 is 1.80 bits per heavy atom. The summed E-state index contributed by atoms with van der Waals surface area (Å²) in [5.74, 6) is -0.588. The van der Waals surface area contributed by atoms with Gasteiger partial charge in [0.1, 0.15) is 5.75 Å². The monoisotopic (exact) mass is 679 g/mol. The summed E-state index contributed by atoms with van der Waals surface area (Å²) in [7, 11) is 0. The molecular weight excluding hydrogens is 646 g/mol. The number of carbonyl (C=O) groups excluding carboxylic acids is 1. The number of aromatic nitrogens is 2. The average Bonchev–Trinajstić information content (AvgIpc) is 3.18. The summed E-state index contributed by atoms with van der Waals surface area (Å²) in [6, 6.07) is 39.2. The third-order valence-corrected chi connectivity index (χ3v) is 6.38. The Hall–Kier alpha value is -7.54. The number of nitrogens with one attached hydrogen (secondary N) is 3. The number of rotatable bonds is 10. The number of non-ortho nitro benzene ring substituents is 1. The molecule has 0 saturated carbocycles. The standard InChI is InChI=1S/C14H11N3O4.2C12H11N3/c18-13-7-6-12(17(20)21)8-11(13)9-15-16-14(19)10-4-2-1-3-5-10;1-2-6-12(7-3-1)15-14-10-11-5-4-8-13-9-11;1-2-4-12(5-3-1)15-14-10-11-6-8-13-9-7-11/h1-9,18H,(H,16,19);2*1-10,15H/b15-9+;2*14-10+. The summed E-state index contributed by atoms with van der Waals surface area (Å²) in [4.78, 5) is 29.7. The van der Waals surface area contributed by atoms with Gasteiger partial charge in [-0.3, -0.25) is 35.7 Å². The zero-order chi connectivity index (χ0) is 35.9. The predicted octanol–water partition coefficient (Wildman–Crippen LogP) is 7.12. The van der Waals surface area contributed by atoms with Crippen molar-refractivity contribution < 1.29 is 14.8 Å². The number of para-hydroxylation sites is 2. The van der Waals surface area contributed by atoms with Gasteiger partial charge in [0.15, 0.2) is 0 Å². The van der Waals surface area contributed by atoms with E-state index in [0.29, 0.717) is 5.56 Å². The van der Waals surface area contributed by atoms with E-state index in [1.54, 1.807) is 67.5 Å². The third kappa shape index (κ3) is 13.6. The van der Waals surface area contributed by atoms with Gasteiger partial charge in [-0.1, -0.05) is 60.7 Å². The highest BCUT2D eigenvalue weighted by Gasteiger charge is 2.09. The van der Waals surface area contributed by atoms with Crippen LogP contribution in [0.25, 0.3) is 0 Å². The summed E-state index contributed by atoms with van der Waals surface area (Å²) in [5.41, 5.74) is 12.5. The SMILES string of the molecule is C(=N\Nc1ccccc1)/c1cccnc1.C(=N\Nc1ccccc1)/c1ccncc1.O=C(N/N=C/c1cc([N+](=O)[O-])ccc1O)c1ccccc1. The zero-order valence-corrected chi connectivity index (χ0v) is 27.1. The first kappa shape index (κ1) is 36.3. The first-order chi connectivity index (χ1) is 25.0. The van der Waals surface area contributed by atoms with Crippen LogP contribution in [0.1, 0.15) is 27.0 Å². The van der Waals surface area contributed by atoms with E-state index in [0.717, 1.165) is 34.8 Å². The van der Waals surface area contributed by atoms with Gasteiger partial charge in [-0.25, -0.2) is 5.43 Å². The molecule has 1 amide bonds. The number of nitro groups is 1. The van der Waals surface area contributed by atoms with E-state index in [1.165, 1.54) is 12.1 Å². The maximum atomic E-state index is 11.7. The van der Waals surface area contributed by atoms with Gasteiger partial charge >= 0.3 is 0 Å². The lowest BCUT2D eigenvalue weighted by Crippen LogP contribution is -2.17. The first-order valence-electron chi connectivity index (χ1n) is 15.3. The van der Waals surface area contributed by atoms with Crippen molar-refractivity contribution in [2.45, 2.75) is 0 Å². The number of nitrogens with zero attached hydrogens (tertiary/aromatic N) is 6. The molecule has 6 aromatic rings. The second-order valence-corrected chi connectivity index (χ2v) is 10.1. The van der Waals surface area contributed by atoms with Crippen molar-refractivity contribution in [3.8, 4) is 5.75 Å². The van der Waals surface area contributed by atoms with E-state index < -0.39 is 10.8 Å². The number of hydrogen-bond acceptors (Lipinski definition) is 11. The van der Waals surface area contributed by atoms with Gasteiger partial charge in [0, 0.05) is 53.6 Å². The lowest BCUT2D eigenvalue weighted by molar-refractivity contribution is -0.384. The summed E-state index contributed by atoms with van der Waals surface area (Å²) in [6.07, 6.45) is 11.6. The number of hydrogen-bond donors (Lipinski definition) is 4. The fourth-order valence-electron chi connectivity index (χ4n) is 3.86. The first-order valence-corrected chi connectivity index (χ1v) is 15.3. The number of amides is 1. The zero-order valence-electron chi connectivity index (χ0n) is 27.1. The molecule has 13 nitrogen and oxygen atoms in total. The van der Waals surface area contributed by atoms with Crippen LogP contribution < -0.4 is 16.3 Å². The van der Waals surface area contributed by atoms with E-state index in [9.17, 15) is 20.0 Å². The highest BCUT2D eigenvalue weighted by Crippen LogP contribution is 2.21. The minimum absolute atomic E-state index is 0.137. The molecule has 0 fully saturated rings. The van der Waals surface area contributed by atoms with Gasteiger partial charge in [-0.15, -0.1) is 0 Å². The number of anilines is 2. The van der Waals surface area contributed by atoms with Gasteiger partial charge < -0.3 is 5.11 Å². The van der Waals surface area contributed by atoms with Gasteiger partial charge in [-0.05, 0) is 66.2 Å². The average molecular weight is 680 g/mol. The molecule has 0 unspecified atom stereocenters. The number of hydrazone groups is 3. The van der Waals surface area contributed by atoms with Crippen molar-refractivity contribution in [2.24, 2.45) is 15.3 Å². The Morgan fingerprint density at radius 1 is 0.647 bits per heavy atom. The smallest absolute Gasteiger partial charge is 0.271 e. The van der Waals surface area contributed by atoms with Gasteiger partial charge in [0.05, 0.1) is 34.9 Å². The Kier molecular flexibility index (Phi) is 14.7. The molecule has 4 N–H and O–H groups in total. The van der Waals surface area contributed by atoms with Crippen LogP contribution in [-0.2, 0) is 0 Å². The topological polar surface area (TPSA) is 179 Å². The number of aromatic hydroxyl groups is 1. The summed E-state index contributed by atoms with van der Waals surface area (Å²) in [5, 5.41) is 32.1. The van der Waals surface area contributed by atoms with Gasteiger partial charge in [0.2, 0.25) is 0 Å². The Balaban J connectivity index is 0.000000175. The second-order valence-electron chi connectivity index (χ2n) is 10.1. The number of phenols is 1. The van der Waals surface area contributed by atoms with Crippen molar-refractivity contribution in [1.29, 1.82) is 0 Å². The second kappa shape index (κ2) is 20.6. The summed E-state index contributed by atoms with van der Waals surface area (Å²) >= 11 is 0. The highest BCUT2D eigenvalue weighted by molar-refractivity contribution is 5.95. The Bertz CT molecular complexity index is 1930. The van der Waals surface area contributed by atoms with E-state index in [2.05, 4.69) is 41.5 Å². The van der Waals surface area contributed by atoms with E-state index in [1.807, 2.05) is 84.9 Å². The van der Waals surface area contributed by atoms with Crippen molar-refractivity contribution in [3.05, 3.63) is 191 Å². The molecule has 51 heavy (non-hydrogen) atoms. The molecule has 6 rings (SSSR count). The number of benzene rings is 4. The molecule has 0 aliphatic carbocycles. The number of nitro benzene ring substituents is 1. The van der Waals surface area contributed by atoms with Crippen LogP contribution in [0.2, 0.25) is 0 Å². The molecule has 13 heteroatoms. The molecule has 0 atom stereocenters. The van der Waals surface area contributed by atoms with Crippen LogP contribution in [0.15, 0.2) is 174 Å². The number of phenolic OH excluding ortho intramolecular Hbond substituents is 1. The van der Waals surface area contributed by atoms with Crippen LogP contribution in [-0.4, -0.2) is 44.5 Å². The highest BCUT2D eigenvalue weighted by atomic mass is 16.6. The molecule has 0 aliphatic heterocycles. The quantitative estimate of drug-likeness (QED) is 0.0671. The minimum atomic E-state index is -0.584. The lowest BCUT2D eigenvalue weighted by Gasteiger charge is -2.00. The molecule has 0 saturated heterocycles. The van der Waals surface area contributed by atoms with E-state index in [-0.39, 0.29) is 17.0 Å². The number of pyridine rings is 2. The molecule has 2 heterocycles. The fraction of sp³-hybridized carbons (Fsp3) is 0. The van der Waals surface area contributed by atoms with Crippen molar-refractivity contribution >= 4 is 41.6 Å². The predicted molar refractivity (Wildman–Crippen MR) is 200 cm³/mol. The summed E-state index contributed by atoms with van der Waals surface area (Å²) < 4.78 is 0. The van der Waals surface area contributed by atoms with Crippen LogP contribution >= 0.6 is 0 Å². The third-order valence-electron chi connectivity index (χ3n) is 6.38. The molecule has 0 aliphatic rings. The molecule has 254 valence electrons. The lowest BCUT2D eigenvalue weighted by atomic mass is 10.2. The van der Waals surface area contributed by atoms with Crippen molar-refractivity contribution in [2.75, 3.05) is 10.9 Å². The molecule has 0 spiro atoms. The number of carbonyl (C=O) groups is 1. The van der Waals surface area contributed by atoms with Crippen LogP contribution in [0.3, 0.4) is 0 Å². The van der Waals surface area contributed by atoms with Gasteiger partial charge in [0.25, 0.3) is 11.6 Å². The van der Waals surface area contributed by atoms with E-state index >= 15 is 0 Å². The van der Waals surface area contributed by atoms with Gasteiger partial charge in [-0.2, -0.15) is 15.3 Å². The molecule has 2 aromatic heterocycles. The largest absolute Gasteiger partial charge is 0.507 e. The van der Waals surface area contributed by atoms with E-state index in [4.69, 9.17) is 0 Å². The Morgan fingerprint density at radius 2 is 1.24 bits per heavy atom. The molecule has 0 radical (unpaired) electrons. The summed E-state index contributed by atoms with van der Waals surface area (Å²) in [6.45, 7) is 0. The molecule has 4 aromatic carbocycles. The van der Waals surface area contributed by atoms with Crippen molar-refractivity contribution in [1.82, 2.24) is 15.4 Å². The maximum absolute atomic E-state index is 11.7. The normalized spacial score (nSPS) is 10.4. The molecule has 0 bridgehead atoms. The Labute approximate surface area is 293 Å². The van der Waals surface area contributed by atoms with Crippen LogP contribution in [0.4, 0.5) is 17.1 Å². The van der Waals surface area contributed by atoms with Crippen LogP contribution in [0, 0.1) is 10.1 Å². The molecular formula is C38H33N9O4. The maximum Gasteiger partial charge on any atom is 0.271 e. The van der Waals surface area contributed by atoms with Crippen molar-refractivity contribution in [3.63, 3.8) is 0 Å². The minimum Gasteiger partial charge on any atom is -0.507 e. The fourth-order valence-corrected chi connectivity index (χ4v) is 3.86.